The number of rotatable bonds is 10. The molecule has 2 rings (SSSR count). The molecule has 1 unspecified atom stereocenters. The van der Waals surface area contributed by atoms with Gasteiger partial charge in [0.25, 0.3) is 0 Å². The standard InChI is InChI=1S/C18H23ClN2O5S.ClH/c1-24-15-5-3-4-6-16(15)26-10-9-21-12-14(19)13-7-8-17(25-2)18(11-13)27(20,22)23;/h3-8,11,14,21H,9-10,12H2,1-2H3,(H2,20,22,23);1H. The quantitative estimate of drug-likeness (QED) is 0.426. The van der Waals surface area contributed by atoms with Gasteiger partial charge >= 0.3 is 0 Å². The maximum absolute atomic E-state index is 11.7. The van der Waals surface area contributed by atoms with Crippen molar-refractivity contribution < 1.29 is 22.6 Å². The van der Waals surface area contributed by atoms with Gasteiger partial charge in [0, 0.05) is 13.1 Å². The molecule has 0 radical (unpaired) electrons. The summed E-state index contributed by atoms with van der Waals surface area (Å²) in [7, 11) is -0.937. The lowest BCUT2D eigenvalue weighted by molar-refractivity contribution is 0.292. The number of alkyl halides is 1. The third-order valence-corrected chi connectivity index (χ3v) is 5.12. The van der Waals surface area contributed by atoms with Crippen LogP contribution >= 0.6 is 24.0 Å². The minimum Gasteiger partial charge on any atom is -0.495 e. The van der Waals surface area contributed by atoms with Crippen molar-refractivity contribution in [2.45, 2.75) is 10.3 Å². The number of nitrogens with two attached hydrogens (primary N) is 1. The number of sulfonamides is 1. The van der Waals surface area contributed by atoms with Crippen LogP contribution in [-0.4, -0.2) is 42.3 Å². The second-order valence-corrected chi connectivity index (χ2v) is 7.68. The Kier molecular flexibility index (Phi) is 9.84. The second-order valence-electron chi connectivity index (χ2n) is 5.63. The number of ether oxygens (including phenoxy) is 3. The van der Waals surface area contributed by atoms with Gasteiger partial charge in [-0.1, -0.05) is 18.2 Å². The molecule has 0 aliphatic carbocycles. The minimum atomic E-state index is -3.90. The van der Waals surface area contributed by atoms with Gasteiger partial charge in [0.1, 0.15) is 17.3 Å². The van der Waals surface area contributed by atoms with E-state index in [1.54, 1.807) is 13.2 Å². The molecule has 0 saturated carbocycles. The Labute approximate surface area is 176 Å². The molecule has 0 aliphatic heterocycles. The monoisotopic (exact) mass is 450 g/mol. The van der Waals surface area contributed by atoms with Crippen LogP contribution in [0.15, 0.2) is 47.4 Å². The number of hydrogen-bond donors (Lipinski definition) is 2. The van der Waals surface area contributed by atoms with Gasteiger partial charge in [0.15, 0.2) is 11.5 Å². The van der Waals surface area contributed by atoms with Crippen molar-refractivity contribution in [3.05, 3.63) is 48.0 Å². The van der Waals surface area contributed by atoms with Crippen LogP contribution in [0.4, 0.5) is 0 Å². The summed E-state index contributed by atoms with van der Waals surface area (Å²) < 4.78 is 39.3. The molecule has 1 atom stereocenters. The van der Waals surface area contributed by atoms with E-state index >= 15 is 0 Å². The molecule has 0 aromatic heterocycles. The fourth-order valence-corrected chi connectivity index (χ4v) is 3.41. The summed E-state index contributed by atoms with van der Waals surface area (Å²) in [5, 5.41) is 7.95. The molecular formula is C18H24Cl2N2O5S. The van der Waals surface area contributed by atoms with Gasteiger partial charge in [-0.3, -0.25) is 0 Å². The van der Waals surface area contributed by atoms with Gasteiger partial charge in [0.05, 0.1) is 19.6 Å². The van der Waals surface area contributed by atoms with Crippen molar-refractivity contribution >= 4 is 34.0 Å². The van der Waals surface area contributed by atoms with E-state index < -0.39 is 15.4 Å². The topological polar surface area (TPSA) is 99.9 Å². The average molecular weight is 451 g/mol. The van der Waals surface area contributed by atoms with E-state index in [9.17, 15) is 8.42 Å². The normalized spacial score (nSPS) is 12.0. The van der Waals surface area contributed by atoms with Gasteiger partial charge in [-0.05, 0) is 29.8 Å². The SMILES string of the molecule is COc1ccccc1OCCNCC(Cl)c1ccc(OC)c(S(N)(=O)=O)c1.Cl. The number of nitrogens with one attached hydrogen (secondary N) is 1. The molecule has 2 aromatic carbocycles. The molecule has 0 bridgehead atoms. The first-order valence-electron chi connectivity index (χ1n) is 8.18. The predicted molar refractivity (Wildman–Crippen MR) is 112 cm³/mol. The molecule has 0 aliphatic rings. The summed E-state index contributed by atoms with van der Waals surface area (Å²) in [6.07, 6.45) is 0. The number of halogens is 2. The van der Waals surface area contributed by atoms with Crippen LogP contribution in [0, 0.1) is 0 Å². The third kappa shape index (κ3) is 6.72. The minimum absolute atomic E-state index is 0. The first-order valence-corrected chi connectivity index (χ1v) is 10.2. The maximum atomic E-state index is 11.7. The lowest BCUT2D eigenvalue weighted by Gasteiger charge is -2.15. The van der Waals surface area contributed by atoms with Gasteiger partial charge in [-0.15, -0.1) is 24.0 Å². The summed E-state index contributed by atoms with van der Waals surface area (Å²) in [5.41, 5.74) is 0.625. The van der Waals surface area contributed by atoms with E-state index in [0.717, 1.165) is 0 Å². The molecule has 0 spiro atoms. The Morgan fingerprint density at radius 2 is 1.71 bits per heavy atom. The lowest BCUT2D eigenvalue weighted by Crippen LogP contribution is -2.25. The Bertz CT molecular complexity index is 865. The van der Waals surface area contributed by atoms with E-state index in [-0.39, 0.29) is 23.1 Å². The highest BCUT2D eigenvalue weighted by molar-refractivity contribution is 7.89. The third-order valence-electron chi connectivity index (χ3n) is 3.78. The summed E-state index contributed by atoms with van der Waals surface area (Å²) in [6, 6.07) is 12.1. The van der Waals surface area contributed by atoms with Crippen LogP contribution in [0.2, 0.25) is 0 Å². The molecule has 7 nitrogen and oxygen atoms in total. The van der Waals surface area contributed by atoms with E-state index in [1.165, 1.54) is 19.2 Å². The number of hydrogen-bond acceptors (Lipinski definition) is 6. The average Bonchev–Trinajstić information content (AvgIpc) is 2.66. The summed E-state index contributed by atoms with van der Waals surface area (Å²) >= 11 is 6.37. The Morgan fingerprint density at radius 3 is 2.32 bits per heavy atom. The molecule has 2 aromatic rings. The summed E-state index contributed by atoms with van der Waals surface area (Å²) in [4.78, 5) is -0.0901. The largest absolute Gasteiger partial charge is 0.495 e. The first kappa shape index (κ1) is 24.3. The Balaban J connectivity index is 0.00000392. The van der Waals surface area contributed by atoms with Crippen LogP contribution in [0.25, 0.3) is 0 Å². The molecule has 156 valence electrons. The van der Waals surface area contributed by atoms with Gasteiger partial charge < -0.3 is 19.5 Å². The second kappa shape index (κ2) is 11.3. The van der Waals surface area contributed by atoms with Crippen molar-refractivity contribution in [3.8, 4) is 17.2 Å². The Morgan fingerprint density at radius 1 is 1.07 bits per heavy atom. The highest BCUT2D eigenvalue weighted by Gasteiger charge is 2.18. The zero-order valence-corrected chi connectivity index (χ0v) is 17.9. The molecule has 0 heterocycles. The van der Waals surface area contributed by atoms with Crippen LogP contribution in [-0.2, 0) is 10.0 Å². The number of para-hydroxylation sites is 2. The van der Waals surface area contributed by atoms with E-state index in [4.69, 9.17) is 31.0 Å². The van der Waals surface area contributed by atoms with Crippen molar-refractivity contribution in [2.24, 2.45) is 5.14 Å². The van der Waals surface area contributed by atoms with Crippen LogP contribution < -0.4 is 24.7 Å². The summed E-state index contributed by atoms with van der Waals surface area (Å²) in [6.45, 7) is 1.40. The number of methoxy groups -OCH3 is 2. The number of primary sulfonamides is 1. The molecule has 0 saturated heterocycles. The lowest BCUT2D eigenvalue weighted by atomic mass is 10.1. The summed E-state index contributed by atoms with van der Waals surface area (Å²) in [5.74, 6) is 1.52. The maximum Gasteiger partial charge on any atom is 0.241 e. The molecule has 28 heavy (non-hydrogen) atoms. The van der Waals surface area contributed by atoms with Crippen LogP contribution in [0.1, 0.15) is 10.9 Å². The zero-order chi connectivity index (χ0) is 19.9. The molecular weight excluding hydrogens is 427 g/mol. The fraction of sp³-hybridized carbons (Fsp3) is 0.333. The zero-order valence-electron chi connectivity index (χ0n) is 15.6. The predicted octanol–water partition coefficient (Wildman–Crippen LogP) is 2.72. The van der Waals surface area contributed by atoms with E-state index in [0.29, 0.717) is 36.8 Å². The van der Waals surface area contributed by atoms with Gasteiger partial charge in [0.2, 0.25) is 10.0 Å². The molecule has 0 fully saturated rings. The van der Waals surface area contributed by atoms with Crippen LogP contribution in [0.3, 0.4) is 0 Å². The molecule has 3 N–H and O–H groups in total. The van der Waals surface area contributed by atoms with Crippen molar-refractivity contribution in [2.75, 3.05) is 33.9 Å². The van der Waals surface area contributed by atoms with E-state index in [2.05, 4.69) is 5.32 Å². The van der Waals surface area contributed by atoms with Crippen LogP contribution in [0.5, 0.6) is 17.2 Å². The Hall–Kier alpha value is -1.71. The van der Waals surface area contributed by atoms with E-state index in [1.807, 2.05) is 24.3 Å². The molecule has 10 heteroatoms. The van der Waals surface area contributed by atoms with Crippen molar-refractivity contribution in [1.29, 1.82) is 0 Å². The number of benzene rings is 2. The highest BCUT2D eigenvalue weighted by atomic mass is 35.5. The van der Waals surface area contributed by atoms with Crippen molar-refractivity contribution in [1.82, 2.24) is 5.32 Å². The first-order chi connectivity index (χ1) is 12.9. The highest BCUT2D eigenvalue weighted by Crippen LogP contribution is 2.29. The smallest absolute Gasteiger partial charge is 0.241 e. The van der Waals surface area contributed by atoms with Gasteiger partial charge in [-0.2, -0.15) is 0 Å². The van der Waals surface area contributed by atoms with Gasteiger partial charge in [-0.25, -0.2) is 13.6 Å². The molecule has 0 amide bonds. The van der Waals surface area contributed by atoms with Crippen molar-refractivity contribution in [3.63, 3.8) is 0 Å². The fourth-order valence-electron chi connectivity index (χ4n) is 2.43.